The largest absolute Gasteiger partial charge is 0.481 e. The van der Waals surface area contributed by atoms with Gasteiger partial charge in [-0.05, 0) is 27.0 Å². The van der Waals surface area contributed by atoms with Gasteiger partial charge in [-0.15, -0.1) is 0 Å². The zero-order valence-electron chi connectivity index (χ0n) is 12.5. The van der Waals surface area contributed by atoms with E-state index in [0.29, 0.717) is 12.1 Å². The van der Waals surface area contributed by atoms with Crippen molar-refractivity contribution in [1.82, 2.24) is 10.2 Å². The number of carboxylic acids is 1. The van der Waals surface area contributed by atoms with Crippen LogP contribution in [0.3, 0.4) is 0 Å². The molecule has 21 heavy (non-hydrogen) atoms. The molecule has 1 amide bonds. The second-order valence-corrected chi connectivity index (χ2v) is 5.73. The fraction of sp³-hybridized carbons (Fsp3) is 0.467. The Morgan fingerprint density at radius 1 is 1.33 bits per heavy atom. The molecule has 2 N–H and O–H groups in total. The fourth-order valence-electron chi connectivity index (χ4n) is 1.67. The van der Waals surface area contributed by atoms with Crippen LogP contribution in [0, 0.1) is 11.2 Å². The third-order valence-corrected chi connectivity index (χ3v) is 3.12. The molecule has 0 radical (unpaired) electrons. The van der Waals surface area contributed by atoms with Crippen LogP contribution in [0.4, 0.5) is 4.39 Å². The van der Waals surface area contributed by atoms with Gasteiger partial charge in [0, 0.05) is 18.7 Å². The Hall–Kier alpha value is -1.95. The summed E-state index contributed by atoms with van der Waals surface area (Å²) in [6.07, 6.45) is 0. The number of rotatable bonds is 7. The van der Waals surface area contributed by atoms with E-state index in [4.69, 9.17) is 5.11 Å². The van der Waals surface area contributed by atoms with Gasteiger partial charge in [0.1, 0.15) is 5.82 Å². The molecule has 0 aliphatic rings. The second-order valence-electron chi connectivity index (χ2n) is 5.73. The monoisotopic (exact) mass is 296 g/mol. The van der Waals surface area contributed by atoms with Crippen LogP contribution >= 0.6 is 0 Å². The average molecular weight is 296 g/mol. The minimum absolute atomic E-state index is 0.0503. The molecular weight excluding hydrogens is 275 g/mol. The molecule has 0 aliphatic carbocycles. The Bertz CT molecular complexity index is 517. The number of benzene rings is 1. The first kappa shape index (κ1) is 17.1. The molecule has 0 saturated carbocycles. The van der Waals surface area contributed by atoms with Crippen LogP contribution in [0.1, 0.15) is 19.4 Å². The highest BCUT2D eigenvalue weighted by molar-refractivity contribution is 5.80. The van der Waals surface area contributed by atoms with Gasteiger partial charge < -0.3 is 10.4 Å². The number of likely N-dealkylation sites (N-methyl/N-ethyl adjacent to an activating group) is 1. The molecule has 0 aromatic heterocycles. The molecule has 0 bridgehead atoms. The van der Waals surface area contributed by atoms with Gasteiger partial charge >= 0.3 is 5.97 Å². The van der Waals surface area contributed by atoms with Gasteiger partial charge in [-0.1, -0.05) is 18.2 Å². The number of carbonyl (C=O) groups is 2. The number of halogens is 1. The van der Waals surface area contributed by atoms with E-state index < -0.39 is 11.4 Å². The summed E-state index contributed by atoms with van der Waals surface area (Å²) in [5, 5.41) is 11.5. The summed E-state index contributed by atoms with van der Waals surface area (Å²) in [7, 11) is 1.70. The Balaban J connectivity index is 2.45. The molecule has 0 saturated heterocycles. The van der Waals surface area contributed by atoms with Crippen LogP contribution in [0.5, 0.6) is 0 Å². The van der Waals surface area contributed by atoms with E-state index in [-0.39, 0.29) is 24.8 Å². The van der Waals surface area contributed by atoms with Crippen molar-refractivity contribution < 1.29 is 19.1 Å². The molecule has 0 aliphatic heterocycles. The minimum atomic E-state index is -1.01. The maximum atomic E-state index is 13.5. The highest BCUT2D eigenvalue weighted by Crippen LogP contribution is 2.13. The lowest BCUT2D eigenvalue weighted by atomic mass is 9.94. The van der Waals surface area contributed by atoms with Crippen LogP contribution in [-0.2, 0) is 16.1 Å². The molecule has 5 nitrogen and oxygen atoms in total. The van der Waals surface area contributed by atoms with Crippen molar-refractivity contribution in [3.63, 3.8) is 0 Å². The summed E-state index contributed by atoms with van der Waals surface area (Å²) >= 11 is 0. The number of nitrogens with one attached hydrogen (secondary N) is 1. The van der Waals surface area contributed by atoms with Crippen molar-refractivity contribution >= 4 is 11.9 Å². The highest BCUT2D eigenvalue weighted by atomic mass is 19.1. The van der Waals surface area contributed by atoms with E-state index in [0.717, 1.165) is 0 Å². The van der Waals surface area contributed by atoms with E-state index in [1.54, 1.807) is 44.0 Å². The zero-order chi connectivity index (χ0) is 16.0. The molecule has 0 unspecified atom stereocenters. The summed E-state index contributed by atoms with van der Waals surface area (Å²) in [4.78, 5) is 24.4. The molecular formula is C15H21FN2O3. The van der Waals surface area contributed by atoms with E-state index in [1.807, 2.05) is 0 Å². The number of aliphatic carboxylic acids is 1. The summed E-state index contributed by atoms with van der Waals surface area (Å²) in [5.74, 6) is -1.57. The van der Waals surface area contributed by atoms with Crippen LogP contribution < -0.4 is 5.32 Å². The number of amides is 1. The van der Waals surface area contributed by atoms with Gasteiger partial charge in [-0.2, -0.15) is 0 Å². The zero-order valence-corrected chi connectivity index (χ0v) is 12.5. The van der Waals surface area contributed by atoms with Crippen molar-refractivity contribution in [1.29, 1.82) is 0 Å². The molecule has 0 spiro atoms. The molecule has 1 aromatic carbocycles. The Morgan fingerprint density at radius 2 is 1.95 bits per heavy atom. The smallest absolute Gasteiger partial charge is 0.310 e. The third kappa shape index (κ3) is 5.51. The highest BCUT2D eigenvalue weighted by Gasteiger charge is 2.27. The van der Waals surface area contributed by atoms with E-state index >= 15 is 0 Å². The van der Waals surface area contributed by atoms with Crippen LogP contribution in [-0.4, -0.2) is 42.0 Å². The van der Waals surface area contributed by atoms with Crippen molar-refractivity contribution in [2.45, 2.75) is 20.4 Å². The predicted octanol–water partition coefficient (Wildman–Crippen LogP) is 1.48. The Morgan fingerprint density at radius 3 is 2.52 bits per heavy atom. The number of hydrogen-bond donors (Lipinski definition) is 2. The lowest BCUT2D eigenvalue weighted by Crippen LogP contribution is -2.42. The molecule has 0 fully saturated rings. The third-order valence-electron chi connectivity index (χ3n) is 3.12. The van der Waals surface area contributed by atoms with Crippen molar-refractivity contribution in [2.75, 3.05) is 20.1 Å². The summed E-state index contributed by atoms with van der Waals surface area (Å²) in [6.45, 7) is 3.51. The Labute approximate surface area is 123 Å². The fourth-order valence-corrected chi connectivity index (χ4v) is 1.67. The number of nitrogens with zero attached hydrogens (tertiary/aromatic N) is 1. The van der Waals surface area contributed by atoms with Gasteiger partial charge in [-0.3, -0.25) is 14.5 Å². The predicted molar refractivity (Wildman–Crippen MR) is 77.2 cm³/mol. The van der Waals surface area contributed by atoms with Crippen LogP contribution in [0.15, 0.2) is 24.3 Å². The van der Waals surface area contributed by atoms with Crippen molar-refractivity contribution in [3.8, 4) is 0 Å². The van der Waals surface area contributed by atoms with Gasteiger partial charge in [0.15, 0.2) is 0 Å². The SMILES string of the molecule is CN(CC(=O)NCC(C)(C)C(=O)O)Cc1ccccc1F. The number of carbonyl (C=O) groups excluding carboxylic acids is 1. The summed E-state index contributed by atoms with van der Waals surface area (Å²) in [5.41, 5.74) is -0.501. The van der Waals surface area contributed by atoms with Gasteiger partial charge in [0.25, 0.3) is 0 Å². The van der Waals surface area contributed by atoms with E-state index in [1.165, 1.54) is 6.07 Å². The molecule has 1 rings (SSSR count). The van der Waals surface area contributed by atoms with Crippen LogP contribution in [0.2, 0.25) is 0 Å². The second kappa shape index (κ2) is 7.17. The van der Waals surface area contributed by atoms with Crippen molar-refractivity contribution in [2.24, 2.45) is 5.41 Å². The molecule has 1 aromatic rings. The van der Waals surface area contributed by atoms with E-state index in [9.17, 15) is 14.0 Å². The van der Waals surface area contributed by atoms with Crippen LogP contribution in [0.25, 0.3) is 0 Å². The first-order valence-electron chi connectivity index (χ1n) is 6.64. The molecule has 0 heterocycles. The summed E-state index contributed by atoms with van der Waals surface area (Å²) < 4.78 is 13.5. The molecule has 6 heteroatoms. The van der Waals surface area contributed by atoms with E-state index in [2.05, 4.69) is 5.32 Å². The van der Waals surface area contributed by atoms with Gasteiger partial charge in [0.2, 0.25) is 5.91 Å². The maximum Gasteiger partial charge on any atom is 0.310 e. The lowest BCUT2D eigenvalue weighted by molar-refractivity contribution is -0.146. The molecule has 0 atom stereocenters. The molecule has 116 valence electrons. The normalized spacial score (nSPS) is 11.5. The van der Waals surface area contributed by atoms with Gasteiger partial charge in [0.05, 0.1) is 12.0 Å². The number of hydrogen-bond acceptors (Lipinski definition) is 3. The first-order valence-corrected chi connectivity index (χ1v) is 6.64. The topological polar surface area (TPSA) is 69.6 Å². The minimum Gasteiger partial charge on any atom is -0.481 e. The lowest BCUT2D eigenvalue weighted by Gasteiger charge is -2.21. The van der Waals surface area contributed by atoms with Gasteiger partial charge in [-0.25, -0.2) is 4.39 Å². The maximum absolute atomic E-state index is 13.5. The Kier molecular flexibility index (Phi) is 5.84. The van der Waals surface area contributed by atoms with Crippen molar-refractivity contribution in [3.05, 3.63) is 35.6 Å². The standard InChI is InChI=1S/C15H21FN2O3/c1-15(2,14(20)21)10-17-13(19)9-18(3)8-11-6-4-5-7-12(11)16/h4-7H,8-10H2,1-3H3,(H,17,19)(H,20,21). The summed E-state index contributed by atoms with van der Waals surface area (Å²) in [6, 6.07) is 6.39. The number of carboxylic acid groups (broad SMARTS) is 1. The quantitative estimate of drug-likeness (QED) is 0.800. The first-order chi connectivity index (χ1) is 9.72. The average Bonchev–Trinajstić information content (AvgIpc) is 2.39.